The van der Waals surface area contributed by atoms with Crippen LogP contribution in [-0.4, -0.2) is 31.6 Å². The average molecular weight is 587 g/mol. The van der Waals surface area contributed by atoms with Crippen molar-refractivity contribution in [3.8, 4) is 0 Å². The highest BCUT2D eigenvalue weighted by atomic mass is 79.9. The second kappa shape index (κ2) is 9.89. The Balaban J connectivity index is 1.79. The van der Waals surface area contributed by atoms with E-state index in [9.17, 15) is 13.2 Å². The molecule has 0 amide bonds. The fourth-order valence-corrected chi connectivity index (χ4v) is 5.86. The van der Waals surface area contributed by atoms with E-state index < -0.39 is 10.0 Å². The molecule has 7 heteroatoms. The standard InChI is InChI=1S/C26H21Br2NO3S/c1-18-8-10-25(11-9-18)33(31,32)29-16-21(12-19-4-2-6-23(27)14-19)26(30)22(17-29)13-20-5-3-7-24(28)15-20/h2-15H,16-17H2,1H3/b21-12-,22-13+. The number of sulfonamides is 1. The number of piperidine rings is 1. The van der Waals surface area contributed by atoms with Gasteiger partial charge in [0.15, 0.2) is 5.78 Å². The molecule has 168 valence electrons. The molecule has 0 N–H and O–H groups in total. The van der Waals surface area contributed by atoms with Gasteiger partial charge in [-0.15, -0.1) is 0 Å². The third-order valence-corrected chi connectivity index (χ3v) is 8.11. The van der Waals surface area contributed by atoms with E-state index in [4.69, 9.17) is 0 Å². The summed E-state index contributed by atoms with van der Waals surface area (Å²) in [6.45, 7) is 1.93. The Hall–Kier alpha value is -2.32. The lowest BCUT2D eigenvalue weighted by molar-refractivity contribution is -0.113. The predicted octanol–water partition coefficient (Wildman–Crippen LogP) is 6.26. The van der Waals surface area contributed by atoms with E-state index in [2.05, 4.69) is 31.9 Å². The minimum absolute atomic E-state index is 0.0113. The summed E-state index contributed by atoms with van der Waals surface area (Å²) < 4.78 is 30.0. The monoisotopic (exact) mass is 585 g/mol. The van der Waals surface area contributed by atoms with Crippen molar-refractivity contribution < 1.29 is 13.2 Å². The fraction of sp³-hybridized carbons (Fsp3) is 0.115. The molecule has 1 saturated heterocycles. The molecule has 1 aliphatic rings. The Bertz CT molecular complexity index is 1310. The van der Waals surface area contributed by atoms with Crippen LogP contribution >= 0.6 is 31.9 Å². The molecule has 0 bridgehead atoms. The lowest BCUT2D eigenvalue weighted by atomic mass is 9.95. The smallest absolute Gasteiger partial charge is 0.243 e. The molecule has 3 aromatic carbocycles. The van der Waals surface area contributed by atoms with Crippen LogP contribution in [0.5, 0.6) is 0 Å². The molecule has 0 saturated carbocycles. The summed E-state index contributed by atoms with van der Waals surface area (Å²) in [4.78, 5) is 13.6. The summed E-state index contributed by atoms with van der Waals surface area (Å²) in [5.74, 6) is -0.148. The molecule has 0 atom stereocenters. The van der Waals surface area contributed by atoms with E-state index in [0.29, 0.717) is 11.1 Å². The van der Waals surface area contributed by atoms with Crippen LogP contribution < -0.4 is 0 Å². The second-order valence-electron chi connectivity index (χ2n) is 7.86. The van der Waals surface area contributed by atoms with Crippen molar-refractivity contribution in [3.63, 3.8) is 0 Å². The molecule has 4 rings (SSSR count). The van der Waals surface area contributed by atoms with Crippen molar-refractivity contribution in [1.82, 2.24) is 4.31 Å². The Morgan fingerprint density at radius 3 is 1.73 bits per heavy atom. The highest BCUT2D eigenvalue weighted by Gasteiger charge is 2.34. The molecular weight excluding hydrogens is 566 g/mol. The molecule has 4 nitrogen and oxygen atoms in total. The Labute approximate surface area is 210 Å². The molecule has 0 aliphatic carbocycles. The predicted molar refractivity (Wildman–Crippen MR) is 139 cm³/mol. The van der Waals surface area contributed by atoms with Crippen molar-refractivity contribution in [2.24, 2.45) is 0 Å². The van der Waals surface area contributed by atoms with E-state index in [-0.39, 0.29) is 23.8 Å². The molecule has 33 heavy (non-hydrogen) atoms. The van der Waals surface area contributed by atoms with Crippen LogP contribution in [-0.2, 0) is 14.8 Å². The molecule has 1 aliphatic heterocycles. The number of benzene rings is 3. The van der Waals surface area contributed by atoms with Gasteiger partial charge in [-0.25, -0.2) is 8.42 Å². The van der Waals surface area contributed by atoms with Crippen LogP contribution in [0.2, 0.25) is 0 Å². The summed E-state index contributed by atoms with van der Waals surface area (Å²) in [6, 6.07) is 21.9. The van der Waals surface area contributed by atoms with E-state index in [1.807, 2.05) is 55.5 Å². The van der Waals surface area contributed by atoms with Crippen molar-refractivity contribution in [3.05, 3.63) is 110 Å². The minimum Gasteiger partial charge on any atom is -0.289 e. The van der Waals surface area contributed by atoms with E-state index in [1.165, 1.54) is 4.31 Å². The second-order valence-corrected chi connectivity index (χ2v) is 11.6. The first-order chi connectivity index (χ1) is 15.7. The number of nitrogens with zero attached hydrogens (tertiary/aromatic N) is 1. The van der Waals surface area contributed by atoms with E-state index in [0.717, 1.165) is 25.6 Å². The lowest BCUT2D eigenvalue weighted by Crippen LogP contribution is -2.41. The number of carbonyl (C=O) groups excluding carboxylic acids is 1. The minimum atomic E-state index is -3.79. The highest BCUT2D eigenvalue weighted by molar-refractivity contribution is 9.10. The van der Waals surface area contributed by atoms with Crippen LogP contribution in [0.4, 0.5) is 0 Å². The van der Waals surface area contributed by atoms with Crippen LogP contribution in [0.15, 0.2) is 97.8 Å². The molecule has 1 fully saturated rings. The van der Waals surface area contributed by atoms with Crippen LogP contribution in [0.1, 0.15) is 16.7 Å². The van der Waals surface area contributed by atoms with Gasteiger partial charge in [-0.3, -0.25) is 4.79 Å². The number of hydrogen-bond acceptors (Lipinski definition) is 3. The largest absolute Gasteiger partial charge is 0.289 e. The first-order valence-corrected chi connectivity index (χ1v) is 13.3. The average Bonchev–Trinajstić information content (AvgIpc) is 2.77. The zero-order valence-corrected chi connectivity index (χ0v) is 21.8. The van der Waals surface area contributed by atoms with Crippen molar-refractivity contribution in [2.45, 2.75) is 11.8 Å². The number of carbonyl (C=O) groups is 1. The van der Waals surface area contributed by atoms with Crippen molar-refractivity contribution >= 4 is 59.8 Å². The van der Waals surface area contributed by atoms with Gasteiger partial charge in [0.1, 0.15) is 0 Å². The van der Waals surface area contributed by atoms with E-state index in [1.54, 1.807) is 36.4 Å². The van der Waals surface area contributed by atoms with Gasteiger partial charge in [-0.05, 0) is 66.6 Å². The van der Waals surface area contributed by atoms with Crippen LogP contribution in [0.3, 0.4) is 0 Å². The fourth-order valence-electron chi connectivity index (χ4n) is 3.63. The van der Waals surface area contributed by atoms with Crippen LogP contribution in [0.25, 0.3) is 12.2 Å². The summed E-state index contributed by atoms with van der Waals surface area (Å²) in [7, 11) is -3.79. The topological polar surface area (TPSA) is 54.5 Å². The maximum atomic E-state index is 13.5. The molecular formula is C26H21Br2NO3S. The molecule has 1 heterocycles. The third kappa shape index (κ3) is 5.61. The number of hydrogen-bond donors (Lipinski definition) is 0. The van der Waals surface area contributed by atoms with Gasteiger partial charge in [0.2, 0.25) is 10.0 Å². The Morgan fingerprint density at radius 1 is 0.788 bits per heavy atom. The Morgan fingerprint density at radius 2 is 1.27 bits per heavy atom. The normalized spacial score (nSPS) is 17.6. The number of rotatable bonds is 4. The van der Waals surface area contributed by atoms with Gasteiger partial charge in [0.05, 0.1) is 4.90 Å². The third-order valence-electron chi connectivity index (χ3n) is 5.31. The molecule has 0 unspecified atom stereocenters. The maximum Gasteiger partial charge on any atom is 0.243 e. The summed E-state index contributed by atoms with van der Waals surface area (Å²) >= 11 is 6.90. The highest BCUT2D eigenvalue weighted by Crippen LogP contribution is 2.28. The van der Waals surface area contributed by atoms with Gasteiger partial charge in [-0.2, -0.15) is 4.31 Å². The molecule has 3 aromatic rings. The first kappa shape index (κ1) is 23.8. The summed E-state index contributed by atoms with van der Waals surface area (Å²) in [5, 5.41) is 0. The van der Waals surface area contributed by atoms with Crippen molar-refractivity contribution in [2.75, 3.05) is 13.1 Å². The van der Waals surface area contributed by atoms with Gasteiger partial charge < -0.3 is 0 Å². The SMILES string of the molecule is Cc1ccc(S(=O)(=O)N2C/C(=C/c3cccc(Br)c3)C(=O)/C(=C/c3cccc(Br)c3)C2)cc1. The van der Waals surface area contributed by atoms with Gasteiger partial charge in [-0.1, -0.05) is 73.8 Å². The quantitative estimate of drug-likeness (QED) is 0.339. The zero-order chi connectivity index (χ0) is 23.6. The zero-order valence-electron chi connectivity index (χ0n) is 17.8. The molecule has 0 aromatic heterocycles. The maximum absolute atomic E-state index is 13.5. The summed E-state index contributed by atoms with van der Waals surface area (Å²) in [6.07, 6.45) is 3.53. The van der Waals surface area contributed by atoms with Gasteiger partial charge >= 0.3 is 0 Å². The van der Waals surface area contributed by atoms with Crippen LogP contribution in [0, 0.1) is 6.92 Å². The first-order valence-electron chi connectivity index (χ1n) is 10.3. The number of aryl methyl sites for hydroxylation is 1. The Kier molecular flexibility index (Phi) is 7.14. The van der Waals surface area contributed by atoms with E-state index >= 15 is 0 Å². The number of ketones is 1. The summed E-state index contributed by atoms with van der Waals surface area (Å²) in [5.41, 5.74) is 3.48. The molecule has 0 radical (unpaired) electrons. The number of halogens is 2. The molecule has 0 spiro atoms. The lowest BCUT2D eigenvalue weighted by Gasteiger charge is -2.29. The van der Waals surface area contributed by atoms with Gasteiger partial charge in [0, 0.05) is 33.2 Å². The van der Waals surface area contributed by atoms with Crippen molar-refractivity contribution in [1.29, 1.82) is 0 Å². The number of Topliss-reactive ketones (excluding diaryl/α,β-unsaturated/α-hetero) is 1. The van der Waals surface area contributed by atoms with Gasteiger partial charge in [0.25, 0.3) is 0 Å².